The van der Waals surface area contributed by atoms with Crippen molar-refractivity contribution < 1.29 is 9.47 Å². The lowest BCUT2D eigenvalue weighted by Crippen LogP contribution is -2.18. The molecular formula is C24H26ClN7O2. The van der Waals surface area contributed by atoms with Gasteiger partial charge in [0.2, 0.25) is 11.8 Å². The number of benzene rings is 1. The Morgan fingerprint density at radius 2 is 2.06 bits per heavy atom. The van der Waals surface area contributed by atoms with Crippen LogP contribution in [0, 0.1) is 11.3 Å². The van der Waals surface area contributed by atoms with Crippen molar-refractivity contribution in [3.05, 3.63) is 46.6 Å². The minimum Gasteiger partial charge on any atom is -0.479 e. The average molecular weight is 480 g/mol. The van der Waals surface area contributed by atoms with Gasteiger partial charge < -0.3 is 25.4 Å². The molecule has 176 valence electrons. The van der Waals surface area contributed by atoms with Gasteiger partial charge in [-0.05, 0) is 29.8 Å². The number of anilines is 4. The van der Waals surface area contributed by atoms with Crippen LogP contribution in [0.25, 0.3) is 11.3 Å². The van der Waals surface area contributed by atoms with E-state index in [2.05, 4.69) is 56.9 Å². The second-order valence-electron chi connectivity index (χ2n) is 8.48. The fourth-order valence-corrected chi connectivity index (χ4v) is 4.04. The maximum absolute atomic E-state index is 9.69. The molecule has 0 aliphatic carbocycles. The third kappa shape index (κ3) is 4.69. The molecule has 0 fully saturated rings. The van der Waals surface area contributed by atoms with E-state index >= 15 is 0 Å². The Bertz CT molecular complexity index is 1260. The van der Waals surface area contributed by atoms with Crippen LogP contribution in [0.15, 0.2) is 30.5 Å². The summed E-state index contributed by atoms with van der Waals surface area (Å²) in [6, 6.07) is 9.75. The van der Waals surface area contributed by atoms with E-state index in [0.29, 0.717) is 52.8 Å². The van der Waals surface area contributed by atoms with Gasteiger partial charge in [-0.2, -0.15) is 10.2 Å². The molecule has 1 aliphatic rings. The molecule has 0 saturated carbocycles. The molecule has 0 unspecified atom stereocenters. The van der Waals surface area contributed by atoms with Crippen LogP contribution in [-0.2, 0) is 10.2 Å². The van der Waals surface area contributed by atoms with Crippen LogP contribution in [-0.4, -0.2) is 48.9 Å². The summed E-state index contributed by atoms with van der Waals surface area (Å²) < 4.78 is 10.5. The summed E-state index contributed by atoms with van der Waals surface area (Å²) in [5.41, 5.74) is 4.57. The number of ether oxygens (including phenoxy) is 2. The van der Waals surface area contributed by atoms with Crippen LogP contribution in [0.1, 0.15) is 25.0 Å². The highest BCUT2D eigenvalue weighted by Crippen LogP contribution is 2.41. The highest BCUT2D eigenvalue weighted by molar-refractivity contribution is 6.33. The van der Waals surface area contributed by atoms with Crippen molar-refractivity contribution in [1.29, 1.82) is 5.26 Å². The van der Waals surface area contributed by atoms with Gasteiger partial charge in [-0.15, -0.1) is 0 Å². The average Bonchev–Trinajstić information content (AvgIpc) is 3.14. The number of hydrogen-bond donors (Lipinski definition) is 3. The van der Waals surface area contributed by atoms with Gasteiger partial charge in [0.15, 0.2) is 0 Å². The summed E-state index contributed by atoms with van der Waals surface area (Å²) in [5, 5.41) is 19.7. The third-order valence-corrected chi connectivity index (χ3v) is 5.91. The number of aromatic nitrogens is 3. The first-order valence-corrected chi connectivity index (χ1v) is 11.1. The lowest BCUT2D eigenvalue weighted by Gasteiger charge is -2.18. The summed E-state index contributed by atoms with van der Waals surface area (Å²) >= 11 is 6.41. The molecule has 4 rings (SSSR count). The van der Waals surface area contributed by atoms with Crippen LogP contribution >= 0.6 is 11.6 Å². The second kappa shape index (κ2) is 9.71. The van der Waals surface area contributed by atoms with E-state index in [1.165, 1.54) is 7.11 Å². The summed E-state index contributed by atoms with van der Waals surface area (Å²) in [7, 11) is 3.15. The molecule has 2 aromatic heterocycles. The number of methoxy groups -OCH3 is 2. The highest BCUT2D eigenvalue weighted by atomic mass is 35.5. The zero-order valence-corrected chi connectivity index (χ0v) is 20.2. The van der Waals surface area contributed by atoms with Crippen molar-refractivity contribution >= 4 is 34.7 Å². The van der Waals surface area contributed by atoms with Crippen molar-refractivity contribution in [2.75, 3.05) is 49.9 Å². The molecule has 9 nitrogen and oxygen atoms in total. The van der Waals surface area contributed by atoms with Crippen LogP contribution in [0.2, 0.25) is 5.02 Å². The van der Waals surface area contributed by atoms with E-state index in [1.54, 1.807) is 19.4 Å². The molecule has 0 spiro atoms. The number of nitrogens with zero attached hydrogens (tertiary/aromatic N) is 4. The molecule has 0 radical (unpaired) electrons. The summed E-state index contributed by atoms with van der Waals surface area (Å²) in [4.78, 5) is 13.4. The zero-order chi connectivity index (χ0) is 24.3. The molecular weight excluding hydrogens is 454 g/mol. The SMILES string of the molecule is COCCNc1nc(OC)c(Nc2nccc(-c3cc(C#N)c4c(c3)C(C)(C)CN4)n2)cc1Cl. The normalized spacial score (nSPS) is 13.5. The summed E-state index contributed by atoms with van der Waals surface area (Å²) in [6.07, 6.45) is 1.66. The van der Waals surface area contributed by atoms with Crippen molar-refractivity contribution in [3.63, 3.8) is 0 Å². The van der Waals surface area contributed by atoms with Crippen molar-refractivity contribution in [2.24, 2.45) is 0 Å². The summed E-state index contributed by atoms with van der Waals surface area (Å²) in [5.74, 6) is 1.19. The fraction of sp³-hybridized carbons (Fsp3) is 0.333. The largest absolute Gasteiger partial charge is 0.479 e. The first-order valence-electron chi connectivity index (χ1n) is 10.8. The van der Waals surface area contributed by atoms with Gasteiger partial charge in [-0.25, -0.2) is 9.97 Å². The molecule has 0 amide bonds. The van der Waals surface area contributed by atoms with Crippen LogP contribution < -0.4 is 20.7 Å². The maximum Gasteiger partial charge on any atom is 0.239 e. The molecule has 3 N–H and O–H groups in total. The van der Waals surface area contributed by atoms with Crippen LogP contribution in [0.5, 0.6) is 5.88 Å². The molecule has 0 bridgehead atoms. The molecule has 3 aromatic rings. The summed E-state index contributed by atoms with van der Waals surface area (Å²) in [6.45, 7) is 6.16. The van der Waals surface area contributed by atoms with E-state index in [9.17, 15) is 5.26 Å². The van der Waals surface area contributed by atoms with E-state index in [4.69, 9.17) is 21.1 Å². The van der Waals surface area contributed by atoms with Gasteiger partial charge >= 0.3 is 0 Å². The Morgan fingerprint density at radius 1 is 1.24 bits per heavy atom. The number of halogens is 1. The first-order chi connectivity index (χ1) is 16.4. The van der Waals surface area contributed by atoms with Gasteiger partial charge in [-0.1, -0.05) is 25.4 Å². The predicted octanol–water partition coefficient (Wildman–Crippen LogP) is 4.58. The van der Waals surface area contributed by atoms with Crippen LogP contribution in [0.4, 0.5) is 23.1 Å². The molecule has 0 saturated heterocycles. The Kier molecular flexibility index (Phi) is 6.72. The molecule has 3 heterocycles. The van der Waals surface area contributed by atoms with Gasteiger partial charge in [0, 0.05) is 37.4 Å². The van der Waals surface area contributed by atoms with E-state index in [1.807, 2.05) is 12.1 Å². The topological polar surface area (TPSA) is 117 Å². The predicted molar refractivity (Wildman–Crippen MR) is 133 cm³/mol. The number of hydrogen-bond acceptors (Lipinski definition) is 9. The monoisotopic (exact) mass is 479 g/mol. The van der Waals surface area contributed by atoms with E-state index in [0.717, 1.165) is 23.4 Å². The molecule has 0 atom stereocenters. The number of fused-ring (bicyclic) bond motifs is 1. The van der Waals surface area contributed by atoms with Crippen molar-refractivity contribution in [1.82, 2.24) is 15.0 Å². The minimum atomic E-state index is -0.0835. The third-order valence-electron chi connectivity index (χ3n) is 5.63. The highest BCUT2D eigenvalue weighted by Gasteiger charge is 2.32. The standard InChI is InChI=1S/C24H26ClN7O2/c1-24(2)13-29-20-15(12-26)9-14(10-16(20)24)18-5-6-28-23(30-18)31-19-11-17(25)21(27-7-8-33-3)32-22(19)34-4/h5-6,9-11,29H,7-8,13H2,1-4H3,(H,27,32)(H,28,30,31). The Hall–Kier alpha value is -3.61. The Labute approximate surface area is 203 Å². The first kappa shape index (κ1) is 23.5. The number of nitriles is 1. The Morgan fingerprint density at radius 3 is 2.79 bits per heavy atom. The van der Waals surface area contributed by atoms with Crippen molar-refractivity contribution in [3.8, 4) is 23.2 Å². The van der Waals surface area contributed by atoms with Gasteiger partial charge in [-0.3, -0.25) is 0 Å². The van der Waals surface area contributed by atoms with E-state index < -0.39 is 0 Å². The van der Waals surface area contributed by atoms with Gasteiger partial charge in [0.1, 0.15) is 17.6 Å². The molecule has 1 aromatic carbocycles. The van der Waals surface area contributed by atoms with E-state index in [-0.39, 0.29) is 5.41 Å². The van der Waals surface area contributed by atoms with Crippen LogP contribution in [0.3, 0.4) is 0 Å². The second-order valence-corrected chi connectivity index (χ2v) is 8.89. The van der Waals surface area contributed by atoms with Gasteiger partial charge in [0.25, 0.3) is 0 Å². The fourth-order valence-electron chi connectivity index (χ4n) is 3.82. The molecule has 10 heteroatoms. The van der Waals surface area contributed by atoms with Gasteiger partial charge in [0.05, 0.1) is 35.7 Å². The quantitative estimate of drug-likeness (QED) is 0.399. The molecule has 34 heavy (non-hydrogen) atoms. The zero-order valence-electron chi connectivity index (χ0n) is 19.5. The lowest BCUT2D eigenvalue weighted by atomic mass is 9.85. The lowest BCUT2D eigenvalue weighted by molar-refractivity contribution is 0.210. The Balaban J connectivity index is 1.65. The number of pyridine rings is 1. The minimum absolute atomic E-state index is 0.0835. The number of nitrogens with one attached hydrogen (secondary N) is 3. The maximum atomic E-state index is 9.69. The smallest absolute Gasteiger partial charge is 0.239 e. The number of rotatable bonds is 8. The van der Waals surface area contributed by atoms with Crippen molar-refractivity contribution in [2.45, 2.75) is 19.3 Å². The molecule has 1 aliphatic heterocycles.